The molecule has 8 heteroatoms. The van der Waals surface area contributed by atoms with Crippen LogP contribution in [0.1, 0.15) is 35.8 Å². The van der Waals surface area contributed by atoms with Crippen LogP contribution in [0.4, 0.5) is 0 Å². The number of rotatable bonds is 8. The molecule has 0 aromatic heterocycles. The first-order valence-corrected chi connectivity index (χ1v) is 10.5. The maximum Gasteiger partial charge on any atom is 0.306 e. The van der Waals surface area contributed by atoms with Gasteiger partial charge in [-0.15, -0.1) is 0 Å². The molecule has 0 saturated carbocycles. The van der Waals surface area contributed by atoms with E-state index in [1.807, 2.05) is 0 Å². The van der Waals surface area contributed by atoms with Crippen LogP contribution in [0.2, 0.25) is 0 Å². The van der Waals surface area contributed by atoms with Crippen LogP contribution in [0.5, 0.6) is 0 Å². The maximum absolute atomic E-state index is 13.3. The molecule has 0 bridgehead atoms. The molecule has 0 radical (unpaired) electrons. The molecule has 8 nitrogen and oxygen atoms in total. The van der Waals surface area contributed by atoms with E-state index in [1.54, 1.807) is 60.7 Å². The molecule has 0 saturated heterocycles. The molecule has 0 heterocycles. The lowest BCUT2D eigenvalue weighted by molar-refractivity contribution is -0.142. The minimum absolute atomic E-state index is 0.341. The van der Waals surface area contributed by atoms with Crippen molar-refractivity contribution < 1.29 is 38.9 Å². The number of aliphatic hydroxyl groups excluding tert-OH is 2. The Bertz CT molecular complexity index is 1070. The molecule has 2 N–H and O–H groups in total. The van der Waals surface area contributed by atoms with E-state index >= 15 is 0 Å². The third-order valence-electron chi connectivity index (χ3n) is 5.73. The molecular formula is C26H24O8. The van der Waals surface area contributed by atoms with Gasteiger partial charge >= 0.3 is 11.9 Å². The van der Waals surface area contributed by atoms with E-state index in [9.17, 15) is 29.4 Å². The van der Waals surface area contributed by atoms with Crippen molar-refractivity contribution in [2.75, 3.05) is 14.2 Å². The van der Waals surface area contributed by atoms with Gasteiger partial charge in [-0.3, -0.25) is 19.2 Å². The molecule has 0 aliphatic heterocycles. The lowest BCUT2D eigenvalue weighted by Crippen LogP contribution is -2.31. The summed E-state index contributed by atoms with van der Waals surface area (Å²) in [6.45, 7) is 0. The molecule has 0 amide bonds. The van der Waals surface area contributed by atoms with E-state index in [4.69, 9.17) is 9.47 Å². The molecule has 0 fully saturated rings. The third kappa shape index (κ3) is 4.91. The Hall–Kier alpha value is -4.20. The van der Waals surface area contributed by atoms with Crippen LogP contribution in [0.25, 0.3) is 0 Å². The highest BCUT2D eigenvalue weighted by atomic mass is 16.5. The van der Waals surface area contributed by atoms with Gasteiger partial charge in [-0.25, -0.2) is 0 Å². The van der Waals surface area contributed by atoms with Crippen molar-refractivity contribution in [1.29, 1.82) is 0 Å². The number of carbonyl (C=O) groups excluding carboxylic acids is 4. The first kappa shape index (κ1) is 24.4. The summed E-state index contributed by atoms with van der Waals surface area (Å²) in [7, 11) is 2.36. The molecule has 0 spiro atoms. The minimum atomic E-state index is -1.04. The summed E-state index contributed by atoms with van der Waals surface area (Å²) in [6, 6.07) is 16.7. The molecule has 176 valence electrons. The summed E-state index contributed by atoms with van der Waals surface area (Å²) in [5, 5.41) is 21.8. The highest BCUT2D eigenvalue weighted by Crippen LogP contribution is 2.40. The van der Waals surface area contributed by atoms with Crippen LogP contribution in [-0.2, 0) is 28.7 Å². The highest BCUT2D eigenvalue weighted by molar-refractivity contribution is 6.24. The smallest absolute Gasteiger partial charge is 0.306 e. The number of benzene rings is 2. The quantitative estimate of drug-likeness (QED) is 0.449. The summed E-state index contributed by atoms with van der Waals surface area (Å²) >= 11 is 0. The SMILES string of the molecule is COC(=O)CC(C1=C(O)C(=O)C(C(CC(=O)OC)c2ccccc2)=C(O)C1=O)c1ccccc1. The normalized spacial score (nSPS) is 15.7. The Morgan fingerprint density at radius 3 is 1.29 bits per heavy atom. The van der Waals surface area contributed by atoms with Crippen molar-refractivity contribution in [1.82, 2.24) is 0 Å². The van der Waals surface area contributed by atoms with Gasteiger partial charge in [0.1, 0.15) is 0 Å². The zero-order chi connectivity index (χ0) is 24.8. The Balaban J connectivity index is 2.13. The van der Waals surface area contributed by atoms with E-state index in [0.29, 0.717) is 11.1 Å². The van der Waals surface area contributed by atoms with Gasteiger partial charge in [-0.2, -0.15) is 0 Å². The van der Waals surface area contributed by atoms with Crippen LogP contribution in [0, 0.1) is 0 Å². The van der Waals surface area contributed by atoms with E-state index in [1.165, 1.54) is 14.2 Å². The largest absolute Gasteiger partial charge is 0.504 e. The standard InChI is InChI=1S/C26H24O8/c1-33-19(27)13-17(15-9-5-3-6-10-15)21-23(29)25(31)22(26(32)24(21)30)18(14-20(28)34-2)16-11-7-4-8-12-16/h3-12,17-18,29,32H,13-14H2,1-2H3. The topological polar surface area (TPSA) is 127 Å². The number of carbonyl (C=O) groups is 4. The predicted octanol–water partition coefficient (Wildman–Crippen LogP) is 3.46. The molecule has 2 aromatic rings. The molecule has 1 aliphatic rings. The number of ketones is 2. The van der Waals surface area contributed by atoms with Gasteiger partial charge in [0.2, 0.25) is 11.6 Å². The van der Waals surface area contributed by atoms with Crippen molar-refractivity contribution in [3.63, 3.8) is 0 Å². The number of ether oxygens (including phenoxy) is 2. The number of hydrogen-bond acceptors (Lipinski definition) is 8. The number of methoxy groups -OCH3 is 2. The second-order valence-corrected chi connectivity index (χ2v) is 7.67. The summed E-state index contributed by atoms with van der Waals surface area (Å²) in [4.78, 5) is 50.8. The zero-order valence-electron chi connectivity index (χ0n) is 18.7. The second kappa shape index (κ2) is 10.6. The van der Waals surface area contributed by atoms with Crippen molar-refractivity contribution in [3.05, 3.63) is 94.5 Å². The first-order chi connectivity index (χ1) is 16.3. The van der Waals surface area contributed by atoms with Crippen LogP contribution in [0.15, 0.2) is 83.3 Å². The zero-order valence-corrected chi connectivity index (χ0v) is 18.7. The number of allylic oxidation sites excluding steroid dienone is 2. The highest BCUT2D eigenvalue weighted by Gasteiger charge is 2.43. The number of aliphatic hydroxyl groups is 2. The van der Waals surface area contributed by atoms with Crippen LogP contribution < -0.4 is 0 Å². The Morgan fingerprint density at radius 1 is 0.676 bits per heavy atom. The average molecular weight is 464 g/mol. The van der Waals surface area contributed by atoms with Gasteiger partial charge < -0.3 is 19.7 Å². The maximum atomic E-state index is 13.3. The summed E-state index contributed by atoms with van der Waals surface area (Å²) in [6.07, 6.45) is -0.683. The molecule has 2 unspecified atom stereocenters. The van der Waals surface area contributed by atoms with E-state index in [2.05, 4.69) is 0 Å². The average Bonchev–Trinajstić information content (AvgIpc) is 2.87. The summed E-state index contributed by atoms with van der Waals surface area (Å²) in [5.74, 6) is -7.20. The minimum Gasteiger partial charge on any atom is -0.504 e. The Labute approximate surface area is 196 Å². The number of Topliss-reactive ketones (excluding diaryl/α,β-unsaturated/α-hetero) is 2. The predicted molar refractivity (Wildman–Crippen MR) is 121 cm³/mol. The van der Waals surface area contributed by atoms with Gasteiger partial charge in [-0.1, -0.05) is 60.7 Å². The summed E-state index contributed by atoms with van der Waals surface area (Å²) < 4.78 is 9.45. The number of esters is 2. The molecule has 34 heavy (non-hydrogen) atoms. The van der Waals surface area contributed by atoms with Crippen molar-refractivity contribution in [2.24, 2.45) is 0 Å². The Kier molecular flexibility index (Phi) is 7.63. The van der Waals surface area contributed by atoms with Crippen molar-refractivity contribution in [3.8, 4) is 0 Å². The van der Waals surface area contributed by atoms with Gasteiger partial charge in [-0.05, 0) is 11.1 Å². The number of hydrogen-bond donors (Lipinski definition) is 2. The molecule has 1 aliphatic carbocycles. The third-order valence-corrected chi connectivity index (χ3v) is 5.73. The van der Waals surface area contributed by atoms with E-state index < -0.39 is 58.0 Å². The van der Waals surface area contributed by atoms with Gasteiger partial charge in [0.25, 0.3) is 0 Å². The molecule has 2 aromatic carbocycles. The van der Waals surface area contributed by atoms with Crippen LogP contribution >= 0.6 is 0 Å². The molecule has 2 atom stereocenters. The van der Waals surface area contributed by atoms with Crippen molar-refractivity contribution in [2.45, 2.75) is 24.7 Å². The van der Waals surface area contributed by atoms with Crippen LogP contribution in [0.3, 0.4) is 0 Å². The van der Waals surface area contributed by atoms with E-state index in [-0.39, 0.29) is 12.8 Å². The van der Waals surface area contributed by atoms with Gasteiger partial charge in [0.05, 0.1) is 38.2 Å². The lowest BCUT2D eigenvalue weighted by atomic mass is 9.76. The lowest BCUT2D eigenvalue weighted by Gasteiger charge is -2.27. The van der Waals surface area contributed by atoms with Gasteiger partial charge in [0, 0.05) is 11.8 Å². The van der Waals surface area contributed by atoms with Crippen molar-refractivity contribution >= 4 is 23.5 Å². The molecular weight excluding hydrogens is 440 g/mol. The first-order valence-electron chi connectivity index (χ1n) is 10.5. The molecule has 3 rings (SSSR count). The van der Waals surface area contributed by atoms with Crippen LogP contribution in [-0.4, -0.2) is 47.9 Å². The monoisotopic (exact) mass is 464 g/mol. The Morgan fingerprint density at radius 2 is 1.00 bits per heavy atom. The van der Waals surface area contributed by atoms with Gasteiger partial charge in [0.15, 0.2) is 11.5 Å². The fourth-order valence-electron chi connectivity index (χ4n) is 4.01. The fraction of sp³-hybridized carbons (Fsp3) is 0.231. The van der Waals surface area contributed by atoms with E-state index in [0.717, 1.165) is 0 Å². The summed E-state index contributed by atoms with van der Waals surface area (Å²) in [5.41, 5.74) is 0.127. The fourth-order valence-corrected chi connectivity index (χ4v) is 4.01. The second-order valence-electron chi connectivity index (χ2n) is 7.67.